The van der Waals surface area contributed by atoms with E-state index in [-0.39, 0.29) is 40.9 Å². The minimum atomic E-state index is -5.08. The molecule has 0 atom stereocenters. The van der Waals surface area contributed by atoms with Gasteiger partial charge in [-0.15, -0.1) is 0 Å². The number of anilines is 1. The van der Waals surface area contributed by atoms with E-state index in [0.29, 0.717) is 26.8 Å². The van der Waals surface area contributed by atoms with Gasteiger partial charge in [0.25, 0.3) is 15.6 Å². The average Bonchev–Trinajstić information content (AvgIpc) is 3.65. The summed E-state index contributed by atoms with van der Waals surface area (Å²) in [6.45, 7) is 0.115. The van der Waals surface area contributed by atoms with Crippen LogP contribution in [0.2, 0.25) is 0 Å². The summed E-state index contributed by atoms with van der Waals surface area (Å²) >= 11 is 1.20. The van der Waals surface area contributed by atoms with Gasteiger partial charge in [-0.1, -0.05) is 11.3 Å². The van der Waals surface area contributed by atoms with Crippen LogP contribution in [-0.2, 0) is 26.2 Å². The van der Waals surface area contributed by atoms with E-state index in [0.717, 1.165) is 11.6 Å². The van der Waals surface area contributed by atoms with Crippen molar-refractivity contribution in [2.24, 2.45) is 5.73 Å². The number of sulfonamides is 1. The zero-order chi connectivity index (χ0) is 36.1. The maximum Gasteiger partial charge on any atom is 0.490 e. The summed E-state index contributed by atoms with van der Waals surface area (Å²) in [5.41, 5.74) is 6.39. The third-order valence-corrected chi connectivity index (χ3v) is 8.53. The number of hydrogen-bond acceptors (Lipinski definition) is 12. The molecule has 49 heavy (non-hydrogen) atoms. The molecule has 0 saturated carbocycles. The number of benzene rings is 1. The number of fused-ring (bicyclic) bond motifs is 1. The number of pyridine rings is 2. The largest absolute Gasteiger partial charge is 0.496 e. The fourth-order valence-corrected chi connectivity index (χ4v) is 5.85. The van der Waals surface area contributed by atoms with Crippen LogP contribution in [0.5, 0.6) is 5.75 Å². The number of nitrogens with one attached hydrogen (secondary N) is 3. The van der Waals surface area contributed by atoms with Gasteiger partial charge in [0.05, 0.1) is 30.4 Å². The standard InChI is InChI=1S/C25H22N8O7S2.C2HF3O2/c1-40-20-3-2-16(6-17(20)24(36)37)42(38,39)32-18-5-15(11-29-22(18)35)23-31-33-19(12-30-25(33)41-23)14-4-13(8-27-10-14)9-28-21(34)7-26;3-2(4,5)1(6)7/h2-6,8,10-12,32H,7,9,26H2,1H3,(H,28,34)(H,29,35)(H,36,37);(H,6,7). The number of ether oxygens (including phenoxy) is 1. The molecule has 17 nitrogen and oxygen atoms in total. The first kappa shape index (κ1) is 36.0. The first-order valence-electron chi connectivity index (χ1n) is 13.3. The van der Waals surface area contributed by atoms with E-state index in [2.05, 4.69) is 30.1 Å². The number of rotatable bonds is 10. The number of aromatic nitrogens is 5. The smallest absolute Gasteiger partial charge is 0.490 e. The molecule has 1 amide bonds. The van der Waals surface area contributed by atoms with Crippen LogP contribution >= 0.6 is 11.3 Å². The summed E-state index contributed by atoms with van der Waals surface area (Å²) in [5.74, 6) is -4.45. The predicted molar refractivity (Wildman–Crippen MR) is 166 cm³/mol. The highest BCUT2D eigenvalue weighted by Crippen LogP contribution is 2.30. The second-order valence-corrected chi connectivity index (χ2v) is 12.2. The van der Waals surface area contributed by atoms with Crippen LogP contribution in [0.3, 0.4) is 0 Å². The molecule has 4 heterocycles. The van der Waals surface area contributed by atoms with Crippen LogP contribution in [0.4, 0.5) is 18.9 Å². The Kier molecular flexibility index (Phi) is 10.6. The monoisotopic (exact) mass is 724 g/mol. The Morgan fingerprint density at radius 3 is 2.45 bits per heavy atom. The Morgan fingerprint density at radius 1 is 1.10 bits per heavy atom. The number of nitrogens with two attached hydrogens (primary N) is 1. The first-order chi connectivity index (χ1) is 23.0. The highest BCUT2D eigenvalue weighted by molar-refractivity contribution is 7.92. The number of hydrogen-bond donors (Lipinski definition) is 6. The van der Waals surface area contributed by atoms with E-state index in [1.165, 1.54) is 42.8 Å². The summed E-state index contributed by atoms with van der Waals surface area (Å²) in [6, 6.07) is 6.46. The van der Waals surface area contributed by atoms with Gasteiger partial charge >= 0.3 is 18.1 Å². The van der Waals surface area contributed by atoms with Crippen molar-refractivity contribution in [3.63, 3.8) is 0 Å². The summed E-state index contributed by atoms with van der Waals surface area (Å²) in [6.07, 6.45) is 1.16. The lowest BCUT2D eigenvalue weighted by Crippen LogP contribution is -2.29. The van der Waals surface area contributed by atoms with Gasteiger partial charge in [0.1, 0.15) is 22.0 Å². The number of imidazole rings is 1. The number of alkyl halides is 3. The molecule has 5 aromatic rings. The molecule has 0 radical (unpaired) electrons. The second-order valence-electron chi connectivity index (χ2n) is 9.51. The number of amides is 1. The maximum atomic E-state index is 13.0. The van der Waals surface area contributed by atoms with Gasteiger partial charge in [0, 0.05) is 36.3 Å². The Bertz CT molecular complexity index is 2220. The Balaban J connectivity index is 0.000000698. The third-order valence-electron chi connectivity index (χ3n) is 6.20. The van der Waals surface area contributed by atoms with Gasteiger partial charge in [0.2, 0.25) is 10.9 Å². The number of methoxy groups -OCH3 is 1. The molecular weight excluding hydrogens is 701 g/mol. The lowest BCUT2D eigenvalue weighted by atomic mass is 10.1. The fraction of sp³-hybridized carbons (Fsp3) is 0.148. The number of aromatic carboxylic acids is 1. The van der Waals surface area contributed by atoms with Crippen LogP contribution in [0.1, 0.15) is 15.9 Å². The van der Waals surface area contributed by atoms with Gasteiger partial charge in [-0.25, -0.2) is 27.5 Å². The van der Waals surface area contributed by atoms with E-state index in [4.69, 9.17) is 20.4 Å². The number of carboxylic acids is 2. The molecular formula is C27H23F3N8O9S2. The van der Waals surface area contributed by atoms with Gasteiger partial charge in [-0.3, -0.25) is 19.3 Å². The molecule has 0 fully saturated rings. The number of halogens is 3. The molecule has 5 rings (SSSR count). The highest BCUT2D eigenvalue weighted by Gasteiger charge is 2.38. The van der Waals surface area contributed by atoms with Crippen molar-refractivity contribution in [3.8, 4) is 27.6 Å². The fourth-order valence-electron chi connectivity index (χ4n) is 3.91. The molecule has 7 N–H and O–H groups in total. The molecule has 0 saturated heterocycles. The predicted octanol–water partition coefficient (Wildman–Crippen LogP) is 1.92. The molecule has 4 aromatic heterocycles. The number of carbonyl (C=O) groups is 3. The van der Waals surface area contributed by atoms with Crippen LogP contribution in [0, 0.1) is 0 Å². The maximum absolute atomic E-state index is 13.0. The van der Waals surface area contributed by atoms with E-state index < -0.39 is 33.7 Å². The van der Waals surface area contributed by atoms with Crippen molar-refractivity contribution in [1.29, 1.82) is 0 Å². The summed E-state index contributed by atoms with van der Waals surface area (Å²) in [5, 5.41) is 24.2. The van der Waals surface area contributed by atoms with E-state index >= 15 is 0 Å². The SMILES string of the molecule is COc1ccc(S(=O)(=O)Nc2cc(-c3nn4c(-c5cncc(CNC(=O)CN)c5)cnc4s3)c[nH]c2=O)cc1C(=O)O.O=C(O)C(F)(F)F. The number of aromatic amines is 1. The van der Waals surface area contributed by atoms with Gasteiger partial charge in [-0.2, -0.15) is 18.3 Å². The minimum absolute atomic E-state index is 0.0182. The minimum Gasteiger partial charge on any atom is -0.496 e. The Labute approximate surface area is 276 Å². The molecule has 0 aliphatic rings. The molecule has 1 aromatic carbocycles. The van der Waals surface area contributed by atoms with Crippen LogP contribution in [-0.4, -0.2) is 80.9 Å². The van der Waals surface area contributed by atoms with Gasteiger partial charge < -0.3 is 31.0 Å². The van der Waals surface area contributed by atoms with E-state index in [9.17, 15) is 41.1 Å². The number of carboxylic acid groups (broad SMARTS) is 2. The van der Waals surface area contributed by atoms with Crippen molar-refractivity contribution in [2.75, 3.05) is 18.4 Å². The van der Waals surface area contributed by atoms with E-state index in [1.54, 1.807) is 23.1 Å². The number of H-pyrrole nitrogens is 1. The molecule has 0 aliphatic carbocycles. The normalized spacial score (nSPS) is 11.4. The molecule has 0 spiro atoms. The average molecular weight is 725 g/mol. The first-order valence-corrected chi connectivity index (χ1v) is 15.6. The van der Waals surface area contributed by atoms with Crippen molar-refractivity contribution in [3.05, 3.63) is 76.6 Å². The van der Waals surface area contributed by atoms with Crippen molar-refractivity contribution >= 4 is 49.9 Å². The third kappa shape index (κ3) is 8.54. The van der Waals surface area contributed by atoms with Crippen molar-refractivity contribution in [2.45, 2.75) is 17.6 Å². The molecule has 0 unspecified atom stereocenters. The van der Waals surface area contributed by atoms with Crippen LogP contribution in [0.15, 0.2) is 64.8 Å². The number of nitrogens with zero attached hydrogens (tertiary/aromatic N) is 4. The van der Waals surface area contributed by atoms with Crippen LogP contribution < -0.4 is 26.1 Å². The summed E-state index contributed by atoms with van der Waals surface area (Å²) in [4.78, 5) is 55.7. The second kappa shape index (κ2) is 14.5. The summed E-state index contributed by atoms with van der Waals surface area (Å²) in [7, 11) is -3.09. The molecule has 0 aliphatic heterocycles. The van der Waals surface area contributed by atoms with Crippen molar-refractivity contribution < 1.29 is 50.9 Å². The lowest BCUT2D eigenvalue weighted by molar-refractivity contribution is -0.192. The lowest BCUT2D eigenvalue weighted by Gasteiger charge is -2.10. The topological polar surface area (TPSA) is 261 Å². The molecule has 22 heteroatoms. The number of aliphatic carboxylic acids is 1. The Morgan fingerprint density at radius 2 is 1.82 bits per heavy atom. The van der Waals surface area contributed by atoms with E-state index in [1.807, 2.05) is 6.07 Å². The highest BCUT2D eigenvalue weighted by atomic mass is 32.2. The van der Waals surface area contributed by atoms with Gasteiger partial charge in [-0.05, 0) is 35.9 Å². The number of carbonyl (C=O) groups excluding carboxylic acids is 1. The van der Waals surface area contributed by atoms with Crippen molar-refractivity contribution in [1.82, 2.24) is 29.9 Å². The quantitative estimate of drug-likeness (QED) is 0.120. The molecule has 0 bridgehead atoms. The zero-order valence-corrected chi connectivity index (χ0v) is 26.3. The van der Waals surface area contributed by atoms with Crippen LogP contribution in [0.25, 0.3) is 26.8 Å². The zero-order valence-electron chi connectivity index (χ0n) is 24.7. The molecule has 258 valence electrons. The summed E-state index contributed by atoms with van der Waals surface area (Å²) < 4.78 is 66.6. The Hall–Kier alpha value is -5.87. The van der Waals surface area contributed by atoms with Gasteiger partial charge in [0.15, 0.2) is 0 Å².